The quantitative estimate of drug-likeness (QED) is 0.245. The Morgan fingerprint density at radius 3 is 1.46 bits per heavy atom. The number of hydrogen-bond donors (Lipinski definition) is 0. The molecule has 0 unspecified atom stereocenters. The van der Waals surface area contributed by atoms with Gasteiger partial charge in [0.15, 0.2) is 0 Å². The number of rotatable bonds is 1. The molecule has 2 aromatic heterocycles. The maximum atomic E-state index is 5.67. The predicted molar refractivity (Wildman–Crippen MR) is 107 cm³/mol. The summed E-state index contributed by atoms with van der Waals surface area (Å²) in [5.74, 6) is 0. The van der Waals surface area contributed by atoms with Gasteiger partial charge in [-0.1, -0.05) is 12.1 Å². The van der Waals surface area contributed by atoms with E-state index in [9.17, 15) is 0 Å². The molecule has 0 fully saturated rings. The molecule has 3 aromatic rings. The minimum absolute atomic E-state index is 0.884. The number of pyridine rings is 2. The Morgan fingerprint density at radius 1 is 0.708 bits per heavy atom. The number of halogens is 4. The summed E-state index contributed by atoms with van der Waals surface area (Å²) in [6.07, 6.45) is 3.48. The van der Waals surface area contributed by atoms with E-state index >= 15 is 0 Å². The van der Waals surface area contributed by atoms with Crippen LogP contribution in [0.1, 0.15) is 5.56 Å². The minimum atomic E-state index is -1.61. The fourth-order valence-corrected chi connectivity index (χ4v) is 3.66. The van der Waals surface area contributed by atoms with Crippen LogP contribution in [0.15, 0.2) is 88.3 Å². The Hall–Kier alpha value is -0.447. The van der Waals surface area contributed by atoms with Gasteiger partial charge in [-0.2, -0.15) is 0 Å². The molecular formula is C17H14Br2Cl2N2Ru. The maximum absolute atomic E-state index is 5.67. The second-order valence-corrected chi connectivity index (χ2v) is 11.4. The van der Waals surface area contributed by atoms with Gasteiger partial charge in [-0.15, -0.1) is 0 Å². The van der Waals surface area contributed by atoms with Gasteiger partial charge in [0.2, 0.25) is 0 Å². The summed E-state index contributed by atoms with van der Waals surface area (Å²) >= 11 is 4.79. The Kier molecular flexibility index (Phi) is 12.4. The van der Waals surface area contributed by atoms with Gasteiger partial charge < -0.3 is 0 Å². The van der Waals surface area contributed by atoms with Gasteiger partial charge in [0, 0.05) is 12.4 Å². The SMILES string of the molecule is Brc1ccccn1.Brc1ccccn1.[Cl][Ru]([Cl])=[CH]c1ccccc1. The molecule has 0 atom stereocenters. The molecule has 0 bridgehead atoms. The van der Waals surface area contributed by atoms with Crippen molar-refractivity contribution >= 4 is 55.9 Å². The van der Waals surface area contributed by atoms with Gasteiger partial charge in [-0.3, -0.25) is 0 Å². The van der Waals surface area contributed by atoms with Crippen molar-refractivity contribution in [2.24, 2.45) is 0 Å². The molecular weight excluding hydrogens is 564 g/mol. The predicted octanol–water partition coefficient (Wildman–Crippen LogP) is 6.45. The first-order valence-corrected chi connectivity index (χ1v) is 13.7. The fourth-order valence-electron chi connectivity index (χ4n) is 1.29. The molecule has 0 aliphatic rings. The van der Waals surface area contributed by atoms with E-state index in [4.69, 9.17) is 19.4 Å². The number of hydrogen-bond acceptors (Lipinski definition) is 2. The van der Waals surface area contributed by atoms with Crippen molar-refractivity contribution in [3.8, 4) is 0 Å². The van der Waals surface area contributed by atoms with Crippen LogP contribution in [0.25, 0.3) is 0 Å². The van der Waals surface area contributed by atoms with Crippen LogP contribution in [0.3, 0.4) is 0 Å². The van der Waals surface area contributed by atoms with Crippen molar-refractivity contribution in [1.82, 2.24) is 9.97 Å². The standard InChI is InChI=1S/C7H6.2C5H4BrN.2ClH.Ru/c1-7-5-3-2-4-6-7;2*6-5-3-1-2-4-7-5;;;/h1-6H;2*1-4H;2*1H;/q;;;;;+2/p-2. The van der Waals surface area contributed by atoms with E-state index in [1.54, 1.807) is 12.4 Å². The van der Waals surface area contributed by atoms with Crippen molar-refractivity contribution < 1.29 is 13.5 Å². The van der Waals surface area contributed by atoms with E-state index in [-0.39, 0.29) is 0 Å². The van der Waals surface area contributed by atoms with Crippen LogP contribution < -0.4 is 0 Å². The second-order valence-electron chi connectivity index (χ2n) is 4.02. The van der Waals surface area contributed by atoms with E-state index < -0.39 is 13.5 Å². The van der Waals surface area contributed by atoms with Crippen LogP contribution in [0.4, 0.5) is 0 Å². The zero-order valence-electron chi connectivity index (χ0n) is 12.3. The summed E-state index contributed by atoms with van der Waals surface area (Å²) in [7, 11) is 11.3. The molecule has 2 nitrogen and oxygen atoms in total. The van der Waals surface area contributed by atoms with E-state index in [0.717, 1.165) is 14.8 Å². The number of nitrogens with zero attached hydrogens (tertiary/aromatic N) is 2. The van der Waals surface area contributed by atoms with Crippen LogP contribution >= 0.6 is 51.2 Å². The monoisotopic (exact) mass is 576 g/mol. The van der Waals surface area contributed by atoms with E-state index in [1.165, 1.54) is 0 Å². The van der Waals surface area contributed by atoms with Crippen molar-refractivity contribution in [3.63, 3.8) is 0 Å². The third-order valence-corrected chi connectivity index (χ3v) is 5.06. The molecule has 0 aliphatic carbocycles. The third-order valence-electron chi connectivity index (χ3n) is 2.25. The molecule has 7 heteroatoms. The van der Waals surface area contributed by atoms with Gasteiger partial charge in [-0.05, 0) is 56.1 Å². The molecule has 3 rings (SSSR count). The molecule has 0 amide bonds. The normalized spacial score (nSPS) is 9.58. The average Bonchev–Trinajstić information content (AvgIpc) is 2.58. The molecule has 0 spiro atoms. The molecule has 24 heavy (non-hydrogen) atoms. The van der Waals surface area contributed by atoms with Crippen molar-refractivity contribution in [1.29, 1.82) is 0 Å². The van der Waals surface area contributed by atoms with Gasteiger partial charge in [-0.25, -0.2) is 9.97 Å². The van der Waals surface area contributed by atoms with Crippen LogP contribution in [0.2, 0.25) is 0 Å². The summed E-state index contributed by atoms with van der Waals surface area (Å²) in [6, 6.07) is 21.3. The molecule has 0 saturated carbocycles. The van der Waals surface area contributed by atoms with Gasteiger partial charge in [0.1, 0.15) is 9.21 Å². The summed E-state index contributed by atoms with van der Waals surface area (Å²) in [5, 5.41) is 0. The first-order valence-electron chi connectivity index (χ1n) is 6.59. The molecule has 128 valence electrons. The molecule has 0 radical (unpaired) electrons. The summed E-state index contributed by atoms with van der Waals surface area (Å²) < 4.78 is 3.69. The zero-order chi connectivity index (χ0) is 17.6. The van der Waals surface area contributed by atoms with Crippen LogP contribution in [-0.2, 0) is 13.5 Å². The Morgan fingerprint density at radius 2 is 1.17 bits per heavy atom. The Labute approximate surface area is 172 Å². The second kappa shape index (κ2) is 13.8. The van der Waals surface area contributed by atoms with Gasteiger partial charge in [0.05, 0.1) is 0 Å². The summed E-state index contributed by atoms with van der Waals surface area (Å²) in [6.45, 7) is 0. The molecule has 0 aliphatic heterocycles. The van der Waals surface area contributed by atoms with Gasteiger partial charge >= 0.3 is 73.4 Å². The van der Waals surface area contributed by atoms with Crippen LogP contribution in [0.5, 0.6) is 0 Å². The van der Waals surface area contributed by atoms with E-state index in [0.29, 0.717) is 0 Å². The van der Waals surface area contributed by atoms with Crippen LogP contribution in [-0.4, -0.2) is 14.6 Å². The van der Waals surface area contributed by atoms with Crippen molar-refractivity contribution in [3.05, 3.63) is 93.9 Å². The van der Waals surface area contributed by atoms with Crippen molar-refractivity contribution in [2.45, 2.75) is 0 Å². The zero-order valence-corrected chi connectivity index (χ0v) is 18.8. The summed E-state index contributed by atoms with van der Waals surface area (Å²) in [5.41, 5.74) is 1.12. The topological polar surface area (TPSA) is 25.8 Å². The van der Waals surface area contributed by atoms with Crippen LogP contribution in [0, 0.1) is 0 Å². The first-order chi connectivity index (χ1) is 11.6. The van der Waals surface area contributed by atoms with Gasteiger partial charge in [0.25, 0.3) is 0 Å². The molecule has 2 heterocycles. The molecule has 0 saturated heterocycles. The molecule has 0 N–H and O–H groups in total. The Bertz CT molecular complexity index is 673. The first kappa shape index (κ1) is 21.6. The number of aromatic nitrogens is 2. The number of benzene rings is 1. The molecule has 1 aromatic carbocycles. The van der Waals surface area contributed by atoms with E-state index in [1.807, 2.05) is 71.3 Å². The third kappa shape index (κ3) is 12.0. The Balaban J connectivity index is 0.000000185. The summed E-state index contributed by atoms with van der Waals surface area (Å²) in [4.78, 5) is 7.79. The van der Waals surface area contributed by atoms with Crippen molar-refractivity contribution in [2.75, 3.05) is 0 Å². The fraction of sp³-hybridized carbons (Fsp3) is 0. The van der Waals surface area contributed by atoms with E-state index in [2.05, 4.69) is 41.8 Å². The average molecular weight is 578 g/mol.